The Morgan fingerprint density at radius 3 is 2.69 bits per heavy atom. The molecule has 1 aromatic carbocycles. The first kappa shape index (κ1) is 22.9. The molecule has 170 valence electrons. The molecule has 6 nitrogen and oxygen atoms in total. The number of halogens is 1. The predicted molar refractivity (Wildman–Crippen MR) is 133 cm³/mol. The summed E-state index contributed by atoms with van der Waals surface area (Å²) >= 11 is 8.01. The van der Waals surface area contributed by atoms with Gasteiger partial charge < -0.3 is 14.2 Å². The van der Waals surface area contributed by atoms with Crippen molar-refractivity contribution in [2.45, 2.75) is 26.7 Å². The summed E-state index contributed by atoms with van der Waals surface area (Å²) < 4.78 is 7.26. The Morgan fingerprint density at radius 2 is 1.97 bits per heavy atom. The number of aryl methyl sites for hydroxylation is 1. The molecule has 1 saturated heterocycles. The van der Waals surface area contributed by atoms with E-state index in [4.69, 9.17) is 21.3 Å². The zero-order valence-electron chi connectivity index (χ0n) is 19.0. The van der Waals surface area contributed by atoms with Crippen LogP contribution in [0.25, 0.3) is 10.9 Å². The molecule has 4 rings (SSSR count). The summed E-state index contributed by atoms with van der Waals surface area (Å²) in [5, 5.41) is 1.51. The monoisotopic (exact) mass is 472 g/mol. The van der Waals surface area contributed by atoms with Gasteiger partial charge in [0.05, 0.1) is 22.4 Å². The average Bonchev–Trinajstić information content (AvgIpc) is 2.76. The Morgan fingerprint density at radius 1 is 1.22 bits per heavy atom. The number of piperidine rings is 1. The van der Waals surface area contributed by atoms with Crippen LogP contribution in [0.1, 0.15) is 31.5 Å². The number of pyridine rings is 1. The van der Waals surface area contributed by atoms with Crippen molar-refractivity contribution in [3.63, 3.8) is 0 Å². The van der Waals surface area contributed by atoms with Crippen LogP contribution in [-0.4, -0.2) is 39.8 Å². The third kappa shape index (κ3) is 4.89. The quantitative estimate of drug-likeness (QED) is 0.482. The van der Waals surface area contributed by atoms with Crippen LogP contribution >= 0.6 is 23.4 Å². The van der Waals surface area contributed by atoms with E-state index in [0.29, 0.717) is 35.0 Å². The number of aromatic nitrogens is 3. The molecule has 0 aliphatic carbocycles. The van der Waals surface area contributed by atoms with Gasteiger partial charge in [0.25, 0.3) is 5.56 Å². The van der Waals surface area contributed by atoms with Crippen LogP contribution in [0.3, 0.4) is 0 Å². The fraction of sp³-hybridized carbons (Fsp3) is 0.458. The number of fused-ring (bicyclic) bond motifs is 1. The van der Waals surface area contributed by atoms with Gasteiger partial charge in [-0.15, -0.1) is 11.8 Å². The summed E-state index contributed by atoms with van der Waals surface area (Å²) in [4.78, 5) is 24.1. The van der Waals surface area contributed by atoms with Gasteiger partial charge in [-0.2, -0.15) is 0 Å². The SMILES string of the molecule is CSCOc1cc2cc(Cc3nc(N4C[C@H](C)C[C@H](C)C4)ncc3Cl)ccc2n(C)c1=O. The van der Waals surface area contributed by atoms with Crippen LogP contribution in [0.15, 0.2) is 35.3 Å². The molecule has 0 amide bonds. The van der Waals surface area contributed by atoms with Crippen molar-refractivity contribution < 1.29 is 4.74 Å². The number of hydrogen-bond donors (Lipinski definition) is 0. The maximum Gasteiger partial charge on any atom is 0.293 e. The lowest BCUT2D eigenvalue weighted by Crippen LogP contribution is -2.39. The Labute approximate surface area is 198 Å². The first-order valence-electron chi connectivity index (χ1n) is 10.9. The fourth-order valence-corrected chi connectivity index (χ4v) is 4.93. The number of ether oxygens (including phenoxy) is 1. The number of benzene rings is 1. The molecule has 0 saturated carbocycles. The molecule has 8 heteroatoms. The molecule has 0 N–H and O–H groups in total. The topological polar surface area (TPSA) is 60.2 Å². The summed E-state index contributed by atoms with van der Waals surface area (Å²) in [5.41, 5.74) is 2.61. The van der Waals surface area contributed by atoms with Gasteiger partial charge in [-0.25, -0.2) is 9.97 Å². The molecule has 0 spiro atoms. The van der Waals surface area contributed by atoms with Crippen LogP contribution in [-0.2, 0) is 13.5 Å². The van der Waals surface area contributed by atoms with Gasteiger partial charge in [-0.3, -0.25) is 4.79 Å². The van der Waals surface area contributed by atoms with Gasteiger partial charge in [0, 0.05) is 31.9 Å². The summed E-state index contributed by atoms with van der Waals surface area (Å²) in [6.45, 7) is 6.49. The van der Waals surface area contributed by atoms with Crippen molar-refractivity contribution in [3.05, 3.63) is 57.1 Å². The van der Waals surface area contributed by atoms with Crippen LogP contribution in [0, 0.1) is 11.8 Å². The van der Waals surface area contributed by atoms with E-state index < -0.39 is 0 Å². The van der Waals surface area contributed by atoms with E-state index in [1.807, 2.05) is 24.5 Å². The minimum atomic E-state index is -0.132. The van der Waals surface area contributed by atoms with E-state index >= 15 is 0 Å². The summed E-state index contributed by atoms with van der Waals surface area (Å²) in [6, 6.07) is 7.88. The van der Waals surface area contributed by atoms with Crippen LogP contribution in [0.2, 0.25) is 5.02 Å². The van der Waals surface area contributed by atoms with Gasteiger partial charge in [0.15, 0.2) is 5.75 Å². The van der Waals surface area contributed by atoms with Gasteiger partial charge in [-0.1, -0.05) is 31.5 Å². The molecular weight excluding hydrogens is 444 g/mol. The van der Waals surface area contributed by atoms with E-state index in [1.165, 1.54) is 18.2 Å². The molecule has 1 aliphatic rings. The van der Waals surface area contributed by atoms with Crippen LogP contribution in [0.4, 0.5) is 5.95 Å². The van der Waals surface area contributed by atoms with Crippen molar-refractivity contribution in [1.29, 1.82) is 0 Å². The minimum absolute atomic E-state index is 0.132. The third-order valence-electron chi connectivity index (χ3n) is 5.91. The second-order valence-corrected chi connectivity index (χ2v) is 10.0. The van der Waals surface area contributed by atoms with Gasteiger partial charge in [-0.05, 0) is 48.3 Å². The van der Waals surface area contributed by atoms with Crippen molar-refractivity contribution >= 4 is 40.2 Å². The van der Waals surface area contributed by atoms with Gasteiger partial charge in [0.2, 0.25) is 5.95 Å². The maximum absolute atomic E-state index is 12.5. The zero-order valence-corrected chi connectivity index (χ0v) is 20.5. The molecule has 3 aromatic rings. The molecular formula is C24H29ClN4O2S. The Bertz CT molecular complexity index is 1170. The second kappa shape index (κ2) is 9.71. The number of anilines is 1. The molecule has 2 atom stereocenters. The Kier molecular flexibility index (Phi) is 6.96. The first-order valence-corrected chi connectivity index (χ1v) is 12.6. The minimum Gasteiger partial charge on any atom is -0.477 e. The van der Waals surface area contributed by atoms with E-state index in [1.54, 1.807) is 17.8 Å². The highest BCUT2D eigenvalue weighted by Crippen LogP contribution is 2.27. The highest BCUT2D eigenvalue weighted by atomic mass is 35.5. The van der Waals surface area contributed by atoms with Crippen molar-refractivity contribution in [3.8, 4) is 5.75 Å². The molecule has 1 aliphatic heterocycles. The fourth-order valence-electron chi connectivity index (χ4n) is 4.53. The molecule has 0 bridgehead atoms. The van der Waals surface area contributed by atoms with Crippen molar-refractivity contribution in [2.75, 3.05) is 30.2 Å². The van der Waals surface area contributed by atoms with Crippen LogP contribution in [0.5, 0.6) is 5.75 Å². The van der Waals surface area contributed by atoms with Crippen LogP contribution < -0.4 is 15.2 Å². The first-order chi connectivity index (χ1) is 15.4. The normalized spacial score (nSPS) is 18.8. The summed E-state index contributed by atoms with van der Waals surface area (Å²) in [7, 11) is 1.77. The van der Waals surface area contributed by atoms with E-state index in [9.17, 15) is 4.79 Å². The highest BCUT2D eigenvalue weighted by Gasteiger charge is 2.24. The Hall–Kier alpha value is -2.25. The summed E-state index contributed by atoms with van der Waals surface area (Å²) in [5.74, 6) is 2.79. The predicted octanol–water partition coefficient (Wildman–Crippen LogP) is 4.75. The molecule has 0 unspecified atom stereocenters. The largest absolute Gasteiger partial charge is 0.477 e. The average molecular weight is 473 g/mol. The molecule has 32 heavy (non-hydrogen) atoms. The van der Waals surface area contributed by atoms with Gasteiger partial charge >= 0.3 is 0 Å². The molecule has 1 fully saturated rings. The molecule has 2 aromatic heterocycles. The van der Waals surface area contributed by atoms with Gasteiger partial charge in [0.1, 0.15) is 5.94 Å². The number of nitrogens with zero attached hydrogens (tertiary/aromatic N) is 4. The number of hydrogen-bond acceptors (Lipinski definition) is 6. The second-order valence-electron chi connectivity index (χ2n) is 8.81. The molecule has 3 heterocycles. The third-order valence-corrected chi connectivity index (χ3v) is 6.58. The molecule has 0 radical (unpaired) electrons. The maximum atomic E-state index is 12.5. The Balaban J connectivity index is 1.64. The van der Waals surface area contributed by atoms with E-state index in [-0.39, 0.29) is 5.56 Å². The lowest BCUT2D eigenvalue weighted by Gasteiger charge is -2.35. The highest BCUT2D eigenvalue weighted by molar-refractivity contribution is 7.98. The van der Waals surface area contributed by atoms with E-state index in [0.717, 1.165) is 41.2 Å². The standard InChI is InChI=1S/C24H29ClN4O2S/c1-15-7-16(2)13-29(12-15)24-26-11-19(25)20(27-24)9-17-5-6-21-18(8-17)10-22(31-14-32-4)23(30)28(21)3/h5-6,8,10-11,15-16H,7,9,12-14H2,1-4H3/t15-,16+. The zero-order chi connectivity index (χ0) is 22.8. The number of rotatable bonds is 6. The number of thioether (sulfide) groups is 1. The lowest BCUT2D eigenvalue weighted by molar-refractivity contribution is 0.353. The lowest BCUT2D eigenvalue weighted by atomic mass is 9.92. The van der Waals surface area contributed by atoms with Crippen molar-refractivity contribution in [2.24, 2.45) is 18.9 Å². The van der Waals surface area contributed by atoms with Crippen molar-refractivity contribution in [1.82, 2.24) is 14.5 Å². The summed E-state index contributed by atoms with van der Waals surface area (Å²) in [6.07, 6.45) is 5.48. The van der Waals surface area contributed by atoms with E-state index in [2.05, 4.69) is 29.8 Å². The smallest absolute Gasteiger partial charge is 0.293 e.